The van der Waals surface area contributed by atoms with Crippen molar-refractivity contribution in [2.75, 3.05) is 25.1 Å². The van der Waals surface area contributed by atoms with Crippen LogP contribution in [-0.4, -0.2) is 217 Å². The molecular weight excluding hydrogens is 1360 g/mol. The van der Waals surface area contributed by atoms with E-state index < -0.39 is 212 Å². The minimum atomic E-state index is -2.08. The standard InChI is InChI=1S/C65H104N16O20S/c1-33(2)27-38(67)54(90)72-41(16-12-25-70-65(68)69)55(91)73-40(15-10-11-24-66)56(92)80-48(30-36-32-71-39-14-9-8-13-37(36)39)62(98)79-47(29-35(5)6)61(97)81-49(31-53(88)89)63(99)76-44(19-22-52(86)87)59(95)78-46(28-34(3)4)60(96)75-42(17-20-50(82)83)57(93)74-43(18-21-51(84)85)58(94)77-45(64(100)101)23-26-102-7/h8-9,13-14,32-35,38,40-49,71H,10-12,15-31,66-67H2,1-7H3,(H,72,90)(H,73,91)(H,74,93)(H,75,96)(H,76,99)(H,77,94)(H,78,95)(H,79,98)(H,80,92)(H,81,97)(H,82,83)(H,84,85)(H,86,87)(H,88,89)(H,100,101)(H4,68,69,70)/t38-,40-,41-,42-,43-,44-,45-,46-,47-,48-,49-/m0/s1. The van der Waals surface area contributed by atoms with Crippen LogP contribution in [0.25, 0.3) is 10.9 Å². The number of hydrogen-bond donors (Lipinski definition) is 20. The van der Waals surface area contributed by atoms with E-state index in [4.69, 9.17) is 22.9 Å². The van der Waals surface area contributed by atoms with Crippen LogP contribution >= 0.6 is 11.8 Å². The van der Waals surface area contributed by atoms with E-state index in [0.717, 1.165) is 0 Å². The summed E-state index contributed by atoms with van der Waals surface area (Å²) in [6.07, 6.45) is -1.77. The predicted molar refractivity (Wildman–Crippen MR) is 374 cm³/mol. The fourth-order valence-corrected chi connectivity index (χ4v) is 11.0. The molecule has 0 fully saturated rings. The van der Waals surface area contributed by atoms with E-state index in [0.29, 0.717) is 29.3 Å². The smallest absolute Gasteiger partial charge is 0.326 e. The maximum Gasteiger partial charge on any atom is 0.326 e. The summed E-state index contributed by atoms with van der Waals surface area (Å²) in [4.78, 5) is 209. The number of aromatic amines is 1. The Hall–Kier alpha value is -9.65. The highest BCUT2D eigenvalue weighted by molar-refractivity contribution is 7.98. The number of nitrogens with two attached hydrogens (primary N) is 4. The number of rotatable bonds is 51. The minimum Gasteiger partial charge on any atom is -0.481 e. The molecule has 0 aliphatic rings. The van der Waals surface area contributed by atoms with Gasteiger partial charge < -0.3 is 107 Å². The van der Waals surface area contributed by atoms with Crippen LogP contribution in [0, 0.1) is 17.8 Å². The number of nitrogens with zero attached hydrogens (tertiary/aromatic N) is 1. The van der Waals surface area contributed by atoms with E-state index in [2.05, 4.69) is 63.1 Å². The molecule has 0 saturated heterocycles. The molecule has 2 rings (SSSR count). The van der Waals surface area contributed by atoms with Crippen molar-refractivity contribution in [3.63, 3.8) is 0 Å². The molecule has 1 aromatic carbocycles. The number of hydrogen-bond acceptors (Lipinski definition) is 19. The highest BCUT2D eigenvalue weighted by Crippen LogP contribution is 2.21. The van der Waals surface area contributed by atoms with Crippen molar-refractivity contribution in [1.29, 1.82) is 0 Å². The summed E-state index contributed by atoms with van der Waals surface area (Å²) in [6.45, 7) is 10.6. The number of carboxylic acids is 5. The molecule has 0 aliphatic heterocycles. The molecule has 0 bridgehead atoms. The van der Waals surface area contributed by atoms with Gasteiger partial charge in [0, 0.05) is 49.3 Å². The largest absolute Gasteiger partial charge is 0.481 e. The first kappa shape index (κ1) is 88.4. The van der Waals surface area contributed by atoms with Crippen LogP contribution in [0.15, 0.2) is 35.5 Å². The molecule has 11 atom stereocenters. The number of nitrogens with one attached hydrogen (secondary N) is 11. The van der Waals surface area contributed by atoms with Crippen molar-refractivity contribution in [3.05, 3.63) is 36.0 Å². The van der Waals surface area contributed by atoms with E-state index >= 15 is 0 Å². The highest BCUT2D eigenvalue weighted by Gasteiger charge is 2.38. The summed E-state index contributed by atoms with van der Waals surface area (Å²) in [5.74, 6) is -18.8. The molecule has 102 heavy (non-hydrogen) atoms. The summed E-state index contributed by atoms with van der Waals surface area (Å²) in [7, 11) is 0. The number of guanidine groups is 1. The van der Waals surface area contributed by atoms with Crippen molar-refractivity contribution in [3.8, 4) is 0 Å². The first-order chi connectivity index (χ1) is 48.0. The molecule has 24 N–H and O–H groups in total. The van der Waals surface area contributed by atoms with Crippen LogP contribution in [0.5, 0.6) is 0 Å². The quantitative estimate of drug-likeness (QED) is 0.0196. The molecule has 0 spiro atoms. The van der Waals surface area contributed by atoms with Gasteiger partial charge in [-0.15, -0.1) is 0 Å². The Morgan fingerprint density at radius 1 is 0.451 bits per heavy atom. The molecule has 0 aliphatic carbocycles. The zero-order valence-electron chi connectivity index (χ0n) is 58.6. The molecule has 36 nitrogen and oxygen atoms in total. The number of para-hydroxylation sites is 1. The van der Waals surface area contributed by atoms with Crippen molar-refractivity contribution in [1.82, 2.24) is 58.2 Å². The van der Waals surface area contributed by atoms with Gasteiger partial charge in [-0.05, 0) is 125 Å². The monoisotopic (exact) mass is 1460 g/mol. The second-order valence-corrected chi connectivity index (χ2v) is 26.9. The second-order valence-electron chi connectivity index (χ2n) is 25.9. The zero-order valence-corrected chi connectivity index (χ0v) is 59.5. The second kappa shape index (κ2) is 46.0. The number of carboxylic acid groups (broad SMARTS) is 5. The minimum absolute atomic E-state index is 0.000187. The Labute approximate surface area is 594 Å². The molecule has 1 heterocycles. The fraction of sp³-hybridized carbons (Fsp3) is 0.631. The lowest BCUT2D eigenvalue weighted by atomic mass is 9.99. The summed E-state index contributed by atoms with van der Waals surface area (Å²) < 4.78 is 0. The van der Waals surface area contributed by atoms with E-state index in [1.165, 1.54) is 11.8 Å². The van der Waals surface area contributed by atoms with Gasteiger partial charge in [0.2, 0.25) is 59.1 Å². The van der Waals surface area contributed by atoms with Gasteiger partial charge in [0.25, 0.3) is 0 Å². The summed E-state index contributed by atoms with van der Waals surface area (Å²) in [5, 5.41) is 73.8. The molecule has 10 amide bonds. The van der Waals surface area contributed by atoms with Crippen molar-refractivity contribution in [2.24, 2.45) is 45.7 Å². The van der Waals surface area contributed by atoms with Gasteiger partial charge in [-0.3, -0.25) is 72.1 Å². The third kappa shape index (κ3) is 34.1. The Balaban J connectivity index is 2.63. The molecule has 0 unspecified atom stereocenters. The topological polar surface area (TPSA) is 610 Å². The van der Waals surface area contributed by atoms with Gasteiger partial charge >= 0.3 is 29.8 Å². The van der Waals surface area contributed by atoms with E-state index in [1.54, 1.807) is 64.4 Å². The number of carbonyl (C=O) groups excluding carboxylic acids is 10. The average molecular weight is 1460 g/mol. The van der Waals surface area contributed by atoms with Crippen LogP contribution in [0.2, 0.25) is 0 Å². The lowest BCUT2D eigenvalue weighted by molar-refractivity contribution is -0.143. The highest BCUT2D eigenvalue weighted by atomic mass is 32.2. The number of unbranched alkanes of at least 4 members (excludes halogenated alkanes) is 1. The van der Waals surface area contributed by atoms with Crippen LogP contribution in [0.1, 0.15) is 150 Å². The lowest BCUT2D eigenvalue weighted by Crippen LogP contribution is -2.61. The number of aromatic nitrogens is 1. The van der Waals surface area contributed by atoms with Crippen LogP contribution in [0.3, 0.4) is 0 Å². The van der Waals surface area contributed by atoms with Gasteiger partial charge in [-0.1, -0.05) is 59.7 Å². The molecule has 2 aromatic rings. The number of fused-ring (bicyclic) bond motifs is 1. The number of aliphatic imine (C=N–C) groups is 1. The van der Waals surface area contributed by atoms with Crippen LogP contribution in [0.4, 0.5) is 0 Å². The van der Waals surface area contributed by atoms with Gasteiger partial charge in [0.15, 0.2) is 5.96 Å². The summed E-state index contributed by atoms with van der Waals surface area (Å²) in [6, 6.07) is -10.5. The van der Waals surface area contributed by atoms with Crippen LogP contribution in [-0.2, 0) is 78.3 Å². The lowest BCUT2D eigenvalue weighted by Gasteiger charge is -2.29. The van der Waals surface area contributed by atoms with Crippen LogP contribution < -0.4 is 76.1 Å². The SMILES string of the molecule is CSCC[C@H](NC(=O)[C@H](CCC(=O)O)NC(=O)[C@H](CCC(=O)O)NC(=O)[C@H](CC(C)C)NC(=O)[C@H](CCC(=O)O)NC(=O)[C@H](CC(=O)O)NC(=O)[C@H](CC(C)C)NC(=O)[C@H](Cc1c[nH]c2ccccc12)NC(=O)[C@H](CCCCN)NC(=O)[C@H](CCCN=C(N)N)NC(=O)[C@@H](N)CC(C)C)C(=O)O. The molecular formula is C65H104N16O20S. The fourth-order valence-electron chi connectivity index (χ4n) is 10.5. The number of carbonyl (C=O) groups is 15. The van der Waals surface area contributed by atoms with Gasteiger partial charge in [0.05, 0.1) is 12.5 Å². The molecule has 0 radical (unpaired) electrons. The van der Waals surface area contributed by atoms with Gasteiger partial charge in [-0.25, -0.2) is 4.79 Å². The normalized spacial score (nSPS) is 14.5. The number of thioether (sulfide) groups is 1. The van der Waals surface area contributed by atoms with E-state index in [1.807, 2.05) is 13.8 Å². The predicted octanol–water partition coefficient (Wildman–Crippen LogP) is -1.89. The zero-order chi connectivity index (χ0) is 76.9. The van der Waals surface area contributed by atoms with Gasteiger partial charge in [-0.2, -0.15) is 11.8 Å². The Morgan fingerprint density at radius 3 is 1.24 bits per heavy atom. The van der Waals surface area contributed by atoms with Crippen molar-refractivity contribution >= 4 is 118 Å². The third-order valence-corrected chi connectivity index (χ3v) is 16.4. The third-order valence-electron chi connectivity index (χ3n) is 15.7. The maximum absolute atomic E-state index is 14.9. The number of H-pyrrole nitrogens is 1. The first-order valence-corrected chi connectivity index (χ1v) is 35.0. The molecule has 0 saturated carbocycles. The van der Waals surface area contributed by atoms with Gasteiger partial charge in [0.1, 0.15) is 60.4 Å². The Bertz CT molecular complexity index is 3220. The summed E-state index contributed by atoms with van der Waals surface area (Å²) in [5.41, 5.74) is 24.2. The van der Waals surface area contributed by atoms with Crippen molar-refractivity contribution < 1.29 is 97.5 Å². The van der Waals surface area contributed by atoms with Crippen molar-refractivity contribution in [2.45, 2.75) is 217 Å². The molecule has 37 heteroatoms. The number of benzene rings is 1. The molecule has 570 valence electrons. The first-order valence-electron chi connectivity index (χ1n) is 33.6. The number of aliphatic carboxylic acids is 5. The number of amides is 10. The Morgan fingerprint density at radius 2 is 0.824 bits per heavy atom. The average Bonchev–Trinajstić information content (AvgIpc) is 1.65. The van der Waals surface area contributed by atoms with E-state index in [9.17, 15) is 97.5 Å². The Kier molecular flexibility index (Phi) is 39.9. The summed E-state index contributed by atoms with van der Waals surface area (Å²) >= 11 is 1.27. The van der Waals surface area contributed by atoms with E-state index in [-0.39, 0.29) is 82.1 Å². The molecule has 1 aromatic heterocycles. The maximum atomic E-state index is 14.9.